The molecule has 1 amide bonds. The zero-order chi connectivity index (χ0) is 32.3. The molecule has 2 saturated heterocycles. The molecule has 2 fully saturated rings. The van der Waals surface area contributed by atoms with Gasteiger partial charge in [-0.1, -0.05) is 29.9 Å². The normalized spacial score (nSPS) is 22.9. The van der Waals surface area contributed by atoms with Crippen LogP contribution in [0.1, 0.15) is 57.9 Å². The Morgan fingerprint density at radius 3 is 2.69 bits per heavy atom. The highest BCUT2D eigenvalue weighted by Crippen LogP contribution is 2.34. The van der Waals surface area contributed by atoms with Gasteiger partial charge in [0, 0.05) is 43.6 Å². The van der Waals surface area contributed by atoms with Crippen LogP contribution in [0, 0.1) is 17.1 Å². The van der Waals surface area contributed by atoms with Crippen LogP contribution in [0.25, 0.3) is 11.6 Å². The van der Waals surface area contributed by atoms with E-state index in [0.29, 0.717) is 37.9 Å². The summed E-state index contributed by atoms with van der Waals surface area (Å²) in [7, 11) is 1.85. The molecular weight excluding hydrogens is 584 g/mol. The number of hydrogen-bond donors (Lipinski definition) is 0. The fourth-order valence-electron chi connectivity index (χ4n) is 6.06. The van der Waals surface area contributed by atoms with Crippen LogP contribution in [0.2, 0.25) is 0 Å². The lowest BCUT2D eigenvalue weighted by molar-refractivity contribution is -0.130. The van der Waals surface area contributed by atoms with Crippen molar-refractivity contribution >= 4 is 5.91 Å². The van der Waals surface area contributed by atoms with E-state index in [-0.39, 0.29) is 59.8 Å². The number of nitriles is 1. The molecule has 5 rings (SSSR count). The molecule has 3 aromatic rings. The Bertz CT molecular complexity index is 1570. The van der Waals surface area contributed by atoms with Crippen molar-refractivity contribution < 1.29 is 27.6 Å². The largest absolute Gasteiger partial charge is 0.474 e. The molecule has 0 saturated carbocycles. The summed E-state index contributed by atoms with van der Waals surface area (Å²) < 4.78 is 46.9. The van der Waals surface area contributed by atoms with Crippen LogP contribution in [-0.4, -0.2) is 86.4 Å². The SMILES string of the molecule is C=CC(=O)N1CC[C@H](Oc2cc(O[C@@H](C)[C@@H]3C[C@@H](F)CN3C)nc(-c3noc(C(C)(C)c4ccccc4F)n3)n2)C[C@H]1CC#N. The number of likely N-dealkylation sites (N-methyl/N-ethyl adjacent to an activating group) is 1. The molecule has 5 atom stereocenters. The van der Waals surface area contributed by atoms with Gasteiger partial charge in [-0.3, -0.25) is 9.69 Å². The summed E-state index contributed by atoms with van der Waals surface area (Å²) in [5.74, 6) is -0.0191. The zero-order valence-corrected chi connectivity index (χ0v) is 25.8. The van der Waals surface area contributed by atoms with E-state index in [4.69, 9.17) is 14.0 Å². The number of benzene rings is 1. The number of rotatable bonds is 10. The molecule has 238 valence electrons. The Labute approximate surface area is 260 Å². The minimum atomic E-state index is -0.957. The van der Waals surface area contributed by atoms with E-state index < -0.39 is 23.5 Å². The highest BCUT2D eigenvalue weighted by atomic mass is 19.1. The van der Waals surface area contributed by atoms with Crippen molar-refractivity contribution in [3.8, 4) is 29.5 Å². The van der Waals surface area contributed by atoms with Gasteiger partial charge in [0.1, 0.15) is 24.2 Å². The number of nitrogens with zero attached hydrogens (tertiary/aromatic N) is 7. The van der Waals surface area contributed by atoms with Crippen LogP contribution >= 0.6 is 0 Å². The van der Waals surface area contributed by atoms with Crippen LogP contribution in [-0.2, 0) is 10.2 Å². The maximum Gasteiger partial charge on any atom is 0.246 e. The first-order valence-corrected chi connectivity index (χ1v) is 15.0. The van der Waals surface area contributed by atoms with Gasteiger partial charge in [-0.25, -0.2) is 8.78 Å². The Hall–Kier alpha value is -4.44. The smallest absolute Gasteiger partial charge is 0.246 e. The molecule has 0 spiro atoms. The molecule has 0 bridgehead atoms. The number of piperidine rings is 1. The quantitative estimate of drug-likeness (QED) is 0.295. The van der Waals surface area contributed by atoms with Crippen LogP contribution in [0.15, 0.2) is 47.5 Å². The molecular formula is C32H37F2N7O4. The third kappa shape index (κ3) is 6.96. The zero-order valence-electron chi connectivity index (χ0n) is 25.8. The molecule has 0 radical (unpaired) electrons. The summed E-state index contributed by atoms with van der Waals surface area (Å²) in [6, 6.07) is 9.55. The molecule has 4 heterocycles. The first-order chi connectivity index (χ1) is 21.5. The van der Waals surface area contributed by atoms with E-state index in [1.54, 1.807) is 43.0 Å². The second kappa shape index (κ2) is 13.3. The first-order valence-electron chi connectivity index (χ1n) is 15.0. The van der Waals surface area contributed by atoms with E-state index in [2.05, 4.69) is 32.8 Å². The highest BCUT2D eigenvalue weighted by Gasteiger charge is 2.36. The maximum absolute atomic E-state index is 14.7. The lowest BCUT2D eigenvalue weighted by atomic mass is 9.84. The van der Waals surface area contributed by atoms with Crippen molar-refractivity contribution in [1.82, 2.24) is 29.9 Å². The lowest BCUT2D eigenvalue weighted by Gasteiger charge is -2.37. The maximum atomic E-state index is 14.7. The molecule has 45 heavy (non-hydrogen) atoms. The topological polar surface area (TPSA) is 130 Å². The average molecular weight is 622 g/mol. The standard InChI is InChI=1S/C32H37F2N7O4/c1-6-28(42)41-14-12-22(16-21(41)11-13-35)44-27-17-26(43-19(2)25-15-20(33)18-40(25)5)36-29(37-27)30-38-31(45-39-30)32(3,4)23-9-7-8-10-24(23)34/h6-10,17,19-22,25H,1,11-12,14-16,18H2,2-5H3/t19-,20+,21+,22-,25-/m0/s1. The van der Waals surface area contributed by atoms with E-state index in [1.807, 2.05) is 18.9 Å². The number of likely N-dealkylation sites (tertiary alicyclic amines) is 2. The number of ether oxygens (including phenoxy) is 2. The predicted octanol–water partition coefficient (Wildman–Crippen LogP) is 4.64. The molecule has 1 aromatic carbocycles. The first kappa shape index (κ1) is 32.0. The molecule has 0 unspecified atom stereocenters. The van der Waals surface area contributed by atoms with Gasteiger partial charge in [0.05, 0.1) is 24.0 Å². The molecule has 13 heteroatoms. The van der Waals surface area contributed by atoms with Crippen molar-refractivity contribution in [3.63, 3.8) is 0 Å². The van der Waals surface area contributed by atoms with Gasteiger partial charge in [-0.05, 0) is 46.4 Å². The molecule has 0 aliphatic carbocycles. The van der Waals surface area contributed by atoms with E-state index in [9.17, 15) is 18.8 Å². The van der Waals surface area contributed by atoms with Gasteiger partial charge in [0.15, 0.2) is 0 Å². The van der Waals surface area contributed by atoms with Gasteiger partial charge >= 0.3 is 0 Å². The Morgan fingerprint density at radius 2 is 2.00 bits per heavy atom. The second-order valence-corrected chi connectivity index (χ2v) is 12.1. The van der Waals surface area contributed by atoms with Crippen molar-refractivity contribution in [2.24, 2.45) is 0 Å². The average Bonchev–Trinajstić information content (AvgIpc) is 3.64. The third-order valence-corrected chi connectivity index (χ3v) is 8.52. The highest BCUT2D eigenvalue weighted by molar-refractivity contribution is 5.87. The summed E-state index contributed by atoms with van der Waals surface area (Å²) in [5, 5.41) is 13.5. The summed E-state index contributed by atoms with van der Waals surface area (Å²) in [4.78, 5) is 29.5. The minimum absolute atomic E-state index is 0.0490. The van der Waals surface area contributed by atoms with E-state index in [1.165, 1.54) is 12.1 Å². The van der Waals surface area contributed by atoms with Gasteiger partial charge in [0.2, 0.25) is 35.2 Å². The van der Waals surface area contributed by atoms with Gasteiger partial charge < -0.3 is 18.9 Å². The minimum Gasteiger partial charge on any atom is -0.474 e. The van der Waals surface area contributed by atoms with Crippen molar-refractivity contribution in [1.29, 1.82) is 5.26 Å². The molecule has 11 nitrogen and oxygen atoms in total. The van der Waals surface area contributed by atoms with Gasteiger partial charge in [-0.2, -0.15) is 20.2 Å². The van der Waals surface area contributed by atoms with Crippen LogP contribution in [0.3, 0.4) is 0 Å². The number of carbonyl (C=O) groups is 1. The number of aromatic nitrogens is 4. The number of hydrogen-bond acceptors (Lipinski definition) is 10. The van der Waals surface area contributed by atoms with Crippen molar-refractivity contribution in [2.75, 3.05) is 20.1 Å². The van der Waals surface area contributed by atoms with E-state index in [0.717, 1.165) is 0 Å². The van der Waals surface area contributed by atoms with Crippen LogP contribution in [0.5, 0.6) is 11.8 Å². The molecule has 2 aromatic heterocycles. The van der Waals surface area contributed by atoms with Crippen LogP contribution in [0.4, 0.5) is 8.78 Å². The van der Waals surface area contributed by atoms with Crippen molar-refractivity contribution in [3.05, 3.63) is 60.3 Å². The Balaban J connectivity index is 1.44. The van der Waals surface area contributed by atoms with Gasteiger partial charge in [-0.15, -0.1) is 0 Å². The molecule has 2 aliphatic heterocycles. The monoisotopic (exact) mass is 621 g/mol. The lowest BCUT2D eigenvalue weighted by Crippen LogP contribution is -2.48. The summed E-state index contributed by atoms with van der Waals surface area (Å²) in [5.41, 5.74) is -0.572. The Morgan fingerprint density at radius 1 is 1.24 bits per heavy atom. The van der Waals surface area contributed by atoms with Gasteiger partial charge in [0.25, 0.3) is 0 Å². The number of amides is 1. The number of alkyl halides is 1. The summed E-state index contributed by atoms with van der Waals surface area (Å²) in [6.07, 6.45) is 0.914. The third-order valence-electron chi connectivity index (χ3n) is 8.52. The fourth-order valence-corrected chi connectivity index (χ4v) is 6.06. The molecule has 0 N–H and O–H groups in total. The summed E-state index contributed by atoms with van der Waals surface area (Å²) >= 11 is 0. The fraction of sp³-hybridized carbons (Fsp3) is 0.500. The number of halogens is 2. The Kier molecular flexibility index (Phi) is 9.43. The van der Waals surface area contributed by atoms with E-state index >= 15 is 0 Å². The van der Waals surface area contributed by atoms with Crippen molar-refractivity contribution in [2.45, 2.75) is 82.3 Å². The van der Waals surface area contributed by atoms with Crippen LogP contribution < -0.4 is 9.47 Å². The second-order valence-electron chi connectivity index (χ2n) is 12.1. The summed E-state index contributed by atoms with van der Waals surface area (Å²) in [6.45, 7) is 9.67. The molecule has 2 aliphatic rings. The number of carbonyl (C=O) groups excluding carboxylic acids is 1. The predicted molar refractivity (Wildman–Crippen MR) is 159 cm³/mol.